The second-order valence-corrected chi connectivity index (χ2v) is 6.11. The van der Waals surface area contributed by atoms with Gasteiger partial charge in [-0.15, -0.1) is 0 Å². The Labute approximate surface area is 124 Å². The van der Waals surface area contributed by atoms with Crippen molar-refractivity contribution in [2.45, 2.75) is 32.6 Å². The molecule has 0 heterocycles. The molecular formula is C17H19I. The fraction of sp³-hybridized carbons (Fsp3) is 0.294. The number of hydrogen-bond donors (Lipinski definition) is 0. The van der Waals surface area contributed by atoms with Gasteiger partial charge in [0, 0.05) is 3.57 Å². The molecule has 0 nitrogen and oxygen atoms in total. The minimum absolute atomic E-state index is 0.607. The van der Waals surface area contributed by atoms with Crippen molar-refractivity contribution in [2.75, 3.05) is 0 Å². The van der Waals surface area contributed by atoms with Gasteiger partial charge in [-0.1, -0.05) is 56.3 Å². The van der Waals surface area contributed by atoms with Crippen molar-refractivity contribution >= 4 is 22.6 Å². The van der Waals surface area contributed by atoms with Gasteiger partial charge in [0.2, 0.25) is 0 Å². The van der Waals surface area contributed by atoms with E-state index >= 15 is 0 Å². The summed E-state index contributed by atoms with van der Waals surface area (Å²) in [5.41, 5.74) is 4.44. The molecule has 0 aliphatic heterocycles. The lowest BCUT2D eigenvalue weighted by molar-refractivity contribution is 0.828. The van der Waals surface area contributed by atoms with Crippen molar-refractivity contribution in [2.24, 2.45) is 0 Å². The van der Waals surface area contributed by atoms with Gasteiger partial charge in [0.15, 0.2) is 0 Å². The molecule has 0 spiro atoms. The van der Waals surface area contributed by atoms with E-state index in [2.05, 4.69) is 85.0 Å². The minimum atomic E-state index is 0.607. The van der Waals surface area contributed by atoms with Gasteiger partial charge in [-0.05, 0) is 64.1 Å². The molecule has 0 aromatic heterocycles. The van der Waals surface area contributed by atoms with E-state index in [1.165, 1.54) is 20.3 Å². The van der Waals surface area contributed by atoms with Crippen molar-refractivity contribution in [1.29, 1.82) is 0 Å². The Morgan fingerprint density at radius 2 is 1.39 bits per heavy atom. The van der Waals surface area contributed by atoms with E-state index in [0.717, 1.165) is 12.8 Å². The second-order valence-electron chi connectivity index (χ2n) is 4.94. The van der Waals surface area contributed by atoms with Gasteiger partial charge in [-0.3, -0.25) is 0 Å². The lowest BCUT2D eigenvalue weighted by Crippen LogP contribution is -1.99. The number of hydrogen-bond acceptors (Lipinski definition) is 0. The molecule has 0 radical (unpaired) electrons. The minimum Gasteiger partial charge on any atom is -0.0620 e. The molecule has 0 aliphatic rings. The molecular weight excluding hydrogens is 331 g/mol. The molecule has 2 rings (SSSR count). The molecule has 0 aliphatic carbocycles. The third-order valence-electron chi connectivity index (χ3n) is 3.30. The Morgan fingerprint density at radius 1 is 0.833 bits per heavy atom. The Kier molecular flexibility index (Phi) is 4.81. The third kappa shape index (κ3) is 3.35. The van der Waals surface area contributed by atoms with Crippen LogP contribution in [0.2, 0.25) is 0 Å². The van der Waals surface area contributed by atoms with E-state index in [9.17, 15) is 0 Å². The first-order valence-electron chi connectivity index (χ1n) is 6.49. The van der Waals surface area contributed by atoms with Crippen LogP contribution in [0.25, 0.3) is 0 Å². The van der Waals surface area contributed by atoms with Crippen LogP contribution in [0.1, 0.15) is 36.5 Å². The quantitative estimate of drug-likeness (QED) is 0.665. The van der Waals surface area contributed by atoms with Crippen LogP contribution in [0.5, 0.6) is 0 Å². The largest absolute Gasteiger partial charge is 0.0620 e. The number of halogens is 1. The van der Waals surface area contributed by atoms with Crippen LogP contribution < -0.4 is 0 Å². The molecule has 2 aromatic carbocycles. The Morgan fingerprint density at radius 3 is 2.06 bits per heavy atom. The number of aryl methyl sites for hydroxylation is 2. The highest BCUT2D eigenvalue weighted by molar-refractivity contribution is 14.1. The van der Waals surface area contributed by atoms with Crippen LogP contribution in [0.3, 0.4) is 0 Å². The van der Waals surface area contributed by atoms with E-state index in [4.69, 9.17) is 0 Å². The summed E-state index contributed by atoms with van der Waals surface area (Å²) in [6, 6.07) is 17.5. The molecule has 0 amide bonds. The highest BCUT2D eigenvalue weighted by atomic mass is 127. The highest BCUT2D eigenvalue weighted by Crippen LogP contribution is 2.21. The maximum Gasteiger partial charge on any atom is 0.0162 e. The van der Waals surface area contributed by atoms with E-state index in [1.807, 2.05) is 0 Å². The predicted octanol–water partition coefficient (Wildman–Crippen LogP) is 5.20. The van der Waals surface area contributed by atoms with Crippen LogP contribution in [0, 0.1) is 3.57 Å². The third-order valence-corrected chi connectivity index (χ3v) is 4.35. The molecule has 2 aromatic rings. The first kappa shape index (κ1) is 13.6. The first-order chi connectivity index (χ1) is 8.68. The topological polar surface area (TPSA) is 0 Å². The van der Waals surface area contributed by atoms with E-state index < -0.39 is 0 Å². The maximum atomic E-state index is 2.43. The van der Waals surface area contributed by atoms with Gasteiger partial charge < -0.3 is 0 Å². The van der Waals surface area contributed by atoms with Crippen LogP contribution in [-0.2, 0) is 12.8 Å². The summed E-state index contributed by atoms with van der Waals surface area (Å²) in [4.78, 5) is 0. The van der Waals surface area contributed by atoms with E-state index in [0.29, 0.717) is 5.92 Å². The Balaban J connectivity index is 2.14. The van der Waals surface area contributed by atoms with Crippen molar-refractivity contribution < 1.29 is 0 Å². The summed E-state index contributed by atoms with van der Waals surface area (Å²) in [5, 5.41) is 0. The van der Waals surface area contributed by atoms with Crippen LogP contribution >= 0.6 is 22.6 Å². The molecule has 18 heavy (non-hydrogen) atoms. The monoisotopic (exact) mass is 350 g/mol. The summed E-state index contributed by atoms with van der Waals surface area (Å²) in [6.45, 7) is 4.54. The van der Waals surface area contributed by atoms with Gasteiger partial charge in [0.25, 0.3) is 0 Å². The lowest BCUT2D eigenvalue weighted by atomic mass is 9.93. The molecule has 1 heteroatoms. The first-order valence-corrected chi connectivity index (χ1v) is 7.57. The number of benzene rings is 2. The second kappa shape index (κ2) is 6.37. The smallest absolute Gasteiger partial charge is 0.0162 e. The van der Waals surface area contributed by atoms with Gasteiger partial charge in [-0.25, -0.2) is 0 Å². The fourth-order valence-corrected chi connectivity index (χ4v) is 2.95. The zero-order chi connectivity index (χ0) is 13.0. The normalized spacial score (nSPS) is 10.9. The summed E-state index contributed by atoms with van der Waals surface area (Å²) in [5.74, 6) is 0.607. The molecule has 0 fully saturated rings. The molecule has 0 bridgehead atoms. The van der Waals surface area contributed by atoms with Gasteiger partial charge in [0.05, 0.1) is 0 Å². The zero-order valence-electron chi connectivity index (χ0n) is 11.0. The van der Waals surface area contributed by atoms with Crippen molar-refractivity contribution in [1.82, 2.24) is 0 Å². The fourth-order valence-electron chi connectivity index (χ4n) is 2.30. The molecule has 0 unspecified atom stereocenters. The summed E-state index contributed by atoms with van der Waals surface area (Å²) < 4.78 is 1.37. The summed E-state index contributed by atoms with van der Waals surface area (Å²) in [6.07, 6.45) is 2.26. The molecule has 0 saturated carbocycles. The van der Waals surface area contributed by atoms with E-state index in [1.54, 1.807) is 0 Å². The molecule has 0 saturated heterocycles. The Bertz CT molecular complexity index is 515. The van der Waals surface area contributed by atoms with Crippen LogP contribution in [0.4, 0.5) is 0 Å². The molecule has 0 atom stereocenters. The average Bonchev–Trinajstić information content (AvgIpc) is 2.38. The lowest BCUT2D eigenvalue weighted by Gasteiger charge is -2.13. The van der Waals surface area contributed by atoms with Gasteiger partial charge in [0.1, 0.15) is 0 Å². The predicted molar refractivity (Wildman–Crippen MR) is 87.1 cm³/mol. The van der Waals surface area contributed by atoms with Gasteiger partial charge in [-0.2, -0.15) is 0 Å². The van der Waals surface area contributed by atoms with Gasteiger partial charge >= 0.3 is 0 Å². The summed E-state index contributed by atoms with van der Waals surface area (Å²) in [7, 11) is 0. The Hall–Kier alpha value is -0.830. The van der Waals surface area contributed by atoms with Crippen molar-refractivity contribution in [3.05, 3.63) is 68.8 Å². The molecule has 0 N–H and O–H groups in total. The average molecular weight is 350 g/mol. The van der Waals surface area contributed by atoms with Crippen LogP contribution in [-0.4, -0.2) is 0 Å². The SMILES string of the molecule is CC(C)c1ccccc1CCc1ccccc1I. The van der Waals surface area contributed by atoms with E-state index in [-0.39, 0.29) is 0 Å². The summed E-state index contributed by atoms with van der Waals surface area (Å²) >= 11 is 2.43. The van der Waals surface area contributed by atoms with Crippen molar-refractivity contribution in [3.63, 3.8) is 0 Å². The van der Waals surface area contributed by atoms with Crippen molar-refractivity contribution in [3.8, 4) is 0 Å². The number of rotatable bonds is 4. The molecule has 94 valence electrons. The zero-order valence-corrected chi connectivity index (χ0v) is 13.1. The standard InChI is InChI=1S/C17H19I/c1-13(2)16-9-5-3-7-14(16)11-12-15-8-4-6-10-17(15)18/h3-10,13H,11-12H2,1-2H3. The maximum absolute atomic E-state index is 2.43. The highest BCUT2D eigenvalue weighted by Gasteiger charge is 2.06. The van der Waals surface area contributed by atoms with Crippen LogP contribution in [0.15, 0.2) is 48.5 Å².